The summed E-state index contributed by atoms with van der Waals surface area (Å²) < 4.78 is 44.9. The Balaban J connectivity index is 1.48. The zero-order valence-electron chi connectivity index (χ0n) is 14.4. The number of piperazine rings is 1. The third-order valence-corrected chi connectivity index (χ3v) is 4.60. The van der Waals surface area contributed by atoms with Gasteiger partial charge in [-0.25, -0.2) is 13.2 Å². The lowest BCUT2D eigenvalue weighted by atomic mass is 10.2. The molecular formula is C19H18ClF3N2O2. The van der Waals surface area contributed by atoms with E-state index in [0.717, 1.165) is 12.1 Å². The number of amides is 1. The van der Waals surface area contributed by atoms with Gasteiger partial charge in [0.25, 0.3) is 5.91 Å². The maximum atomic E-state index is 13.5. The van der Waals surface area contributed by atoms with Crippen molar-refractivity contribution in [2.75, 3.05) is 32.8 Å². The minimum absolute atomic E-state index is 0.371. The Morgan fingerprint density at radius 3 is 2.19 bits per heavy atom. The number of ether oxygens (including phenoxy) is 1. The topological polar surface area (TPSA) is 32.8 Å². The van der Waals surface area contributed by atoms with Crippen molar-refractivity contribution in [3.8, 4) is 5.75 Å². The monoisotopic (exact) mass is 398 g/mol. The SMILES string of the molecule is O=C(COc1c(F)cc(F)cc1F)N1CCN(Cc2ccc(Cl)cc2)CC1. The summed E-state index contributed by atoms with van der Waals surface area (Å²) in [5.41, 5.74) is 1.13. The summed E-state index contributed by atoms with van der Waals surface area (Å²) in [5.74, 6) is -4.50. The maximum Gasteiger partial charge on any atom is 0.260 e. The van der Waals surface area contributed by atoms with E-state index in [2.05, 4.69) is 4.90 Å². The van der Waals surface area contributed by atoms with Gasteiger partial charge in [-0.15, -0.1) is 0 Å². The Kier molecular flexibility index (Phi) is 6.23. The van der Waals surface area contributed by atoms with Gasteiger partial charge >= 0.3 is 0 Å². The number of carbonyl (C=O) groups excluding carboxylic acids is 1. The Bertz CT molecular complexity index is 786. The molecule has 1 aliphatic rings. The molecule has 2 aromatic carbocycles. The molecule has 4 nitrogen and oxygen atoms in total. The van der Waals surface area contributed by atoms with Gasteiger partial charge in [0.05, 0.1) is 0 Å². The van der Waals surface area contributed by atoms with Crippen LogP contribution >= 0.6 is 11.6 Å². The van der Waals surface area contributed by atoms with Gasteiger partial charge < -0.3 is 9.64 Å². The van der Waals surface area contributed by atoms with Crippen LogP contribution in [0.5, 0.6) is 5.75 Å². The first kappa shape index (κ1) is 19.5. The van der Waals surface area contributed by atoms with Gasteiger partial charge in [0, 0.05) is 49.9 Å². The zero-order valence-corrected chi connectivity index (χ0v) is 15.2. The molecule has 1 saturated heterocycles. The molecule has 0 unspecified atom stereocenters. The normalized spacial score (nSPS) is 15.0. The Morgan fingerprint density at radius 1 is 1.00 bits per heavy atom. The second-order valence-corrected chi connectivity index (χ2v) is 6.71. The van der Waals surface area contributed by atoms with E-state index in [0.29, 0.717) is 43.3 Å². The highest BCUT2D eigenvalue weighted by atomic mass is 35.5. The van der Waals surface area contributed by atoms with Crippen LogP contribution in [0.1, 0.15) is 5.56 Å². The van der Waals surface area contributed by atoms with Crippen molar-refractivity contribution < 1.29 is 22.7 Å². The molecule has 2 aromatic rings. The molecule has 1 heterocycles. The lowest BCUT2D eigenvalue weighted by Gasteiger charge is -2.34. The standard InChI is InChI=1S/C19H18ClF3N2O2/c20-14-3-1-13(2-4-14)11-24-5-7-25(8-6-24)18(26)12-27-19-16(22)9-15(21)10-17(19)23/h1-4,9-10H,5-8,11-12H2. The minimum atomic E-state index is -1.17. The highest BCUT2D eigenvalue weighted by molar-refractivity contribution is 6.30. The molecule has 27 heavy (non-hydrogen) atoms. The number of hydrogen-bond acceptors (Lipinski definition) is 3. The predicted octanol–water partition coefficient (Wildman–Crippen LogP) is 3.48. The van der Waals surface area contributed by atoms with Crippen molar-refractivity contribution >= 4 is 17.5 Å². The van der Waals surface area contributed by atoms with Crippen molar-refractivity contribution in [1.82, 2.24) is 9.80 Å². The Labute approximate surface area is 160 Å². The van der Waals surface area contributed by atoms with Gasteiger partial charge in [-0.2, -0.15) is 0 Å². The lowest BCUT2D eigenvalue weighted by molar-refractivity contribution is -0.135. The molecule has 3 rings (SSSR count). The summed E-state index contributed by atoms with van der Waals surface area (Å²) in [6, 6.07) is 8.61. The molecule has 0 bridgehead atoms. The summed E-state index contributed by atoms with van der Waals surface area (Å²) in [6.45, 7) is 2.58. The first-order valence-corrected chi connectivity index (χ1v) is 8.82. The van der Waals surface area contributed by atoms with E-state index in [-0.39, 0.29) is 5.91 Å². The molecule has 0 saturated carbocycles. The first-order chi connectivity index (χ1) is 12.9. The van der Waals surface area contributed by atoms with Crippen LogP contribution in [0, 0.1) is 17.5 Å². The van der Waals surface area contributed by atoms with E-state index >= 15 is 0 Å². The van der Waals surface area contributed by atoms with Crippen molar-refractivity contribution in [2.24, 2.45) is 0 Å². The summed E-state index contributed by atoms with van der Waals surface area (Å²) >= 11 is 5.87. The summed E-state index contributed by atoms with van der Waals surface area (Å²) in [6.07, 6.45) is 0. The molecule has 0 atom stereocenters. The summed E-state index contributed by atoms with van der Waals surface area (Å²) in [4.78, 5) is 16.0. The van der Waals surface area contributed by atoms with Crippen LogP contribution in [0.3, 0.4) is 0 Å². The van der Waals surface area contributed by atoms with Gasteiger partial charge in [-0.3, -0.25) is 9.69 Å². The van der Waals surface area contributed by atoms with Gasteiger partial charge in [-0.1, -0.05) is 23.7 Å². The van der Waals surface area contributed by atoms with Crippen molar-refractivity contribution in [3.05, 3.63) is 64.4 Å². The molecule has 0 radical (unpaired) electrons. The third-order valence-electron chi connectivity index (χ3n) is 4.35. The van der Waals surface area contributed by atoms with E-state index in [4.69, 9.17) is 16.3 Å². The molecule has 1 amide bonds. The van der Waals surface area contributed by atoms with E-state index in [1.165, 1.54) is 0 Å². The van der Waals surface area contributed by atoms with E-state index in [1.54, 1.807) is 4.90 Å². The quantitative estimate of drug-likeness (QED) is 0.773. The number of hydrogen-bond donors (Lipinski definition) is 0. The van der Waals surface area contributed by atoms with E-state index < -0.39 is 29.8 Å². The van der Waals surface area contributed by atoms with Gasteiger partial charge in [0.1, 0.15) is 5.82 Å². The number of nitrogens with zero attached hydrogens (tertiary/aromatic N) is 2. The Morgan fingerprint density at radius 2 is 1.59 bits per heavy atom. The highest BCUT2D eigenvalue weighted by Gasteiger charge is 2.22. The fraction of sp³-hybridized carbons (Fsp3) is 0.316. The maximum absolute atomic E-state index is 13.5. The predicted molar refractivity (Wildman–Crippen MR) is 95.1 cm³/mol. The van der Waals surface area contributed by atoms with Crippen LogP contribution in [0.4, 0.5) is 13.2 Å². The van der Waals surface area contributed by atoms with Crippen molar-refractivity contribution in [2.45, 2.75) is 6.54 Å². The fourth-order valence-electron chi connectivity index (χ4n) is 2.90. The lowest BCUT2D eigenvalue weighted by Crippen LogP contribution is -2.49. The molecule has 0 spiro atoms. The first-order valence-electron chi connectivity index (χ1n) is 8.44. The van der Waals surface area contributed by atoms with E-state index in [1.807, 2.05) is 24.3 Å². The third kappa shape index (κ3) is 5.14. The number of rotatable bonds is 5. The van der Waals surface area contributed by atoms with Gasteiger partial charge in [-0.05, 0) is 17.7 Å². The molecule has 144 valence electrons. The van der Waals surface area contributed by atoms with Crippen LogP contribution in [0.25, 0.3) is 0 Å². The molecular weight excluding hydrogens is 381 g/mol. The zero-order chi connectivity index (χ0) is 19.4. The van der Waals surface area contributed by atoms with Crippen LogP contribution in [0.15, 0.2) is 36.4 Å². The van der Waals surface area contributed by atoms with Crippen molar-refractivity contribution in [1.29, 1.82) is 0 Å². The van der Waals surface area contributed by atoms with Crippen molar-refractivity contribution in [3.63, 3.8) is 0 Å². The smallest absolute Gasteiger partial charge is 0.260 e. The molecule has 8 heteroatoms. The van der Waals surface area contributed by atoms with Crippen LogP contribution in [-0.4, -0.2) is 48.5 Å². The largest absolute Gasteiger partial charge is 0.478 e. The average Bonchev–Trinajstić information content (AvgIpc) is 2.63. The number of halogens is 4. The van der Waals surface area contributed by atoms with Crippen LogP contribution < -0.4 is 4.74 Å². The molecule has 1 aliphatic heterocycles. The molecule has 0 aromatic heterocycles. The van der Waals surface area contributed by atoms with Gasteiger partial charge in [0.15, 0.2) is 24.0 Å². The molecule has 1 fully saturated rings. The molecule has 0 aliphatic carbocycles. The average molecular weight is 399 g/mol. The number of benzene rings is 2. The Hall–Kier alpha value is -2.25. The molecule has 0 N–H and O–H groups in total. The fourth-order valence-corrected chi connectivity index (χ4v) is 3.02. The minimum Gasteiger partial charge on any atom is -0.478 e. The second kappa shape index (κ2) is 8.63. The summed E-state index contributed by atoms with van der Waals surface area (Å²) in [5, 5.41) is 0.684. The highest BCUT2D eigenvalue weighted by Crippen LogP contribution is 2.22. The van der Waals surface area contributed by atoms with Gasteiger partial charge in [0.2, 0.25) is 0 Å². The van der Waals surface area contributed by atoms with Crippen LogP contribution in [-0.2, 0) is 11.3 Å². The van der Waals surface area contributed by atoms with Crippen LogP contribution in [0.2, 0.25) is 5.02 Å². The summed E-state index contributed by atoms with van der Waals surface area (Å²) in [7, 11) is 0. The van der Waals surface area contributed by atoms with E-state index in [9.17, 15) is 18.0 Å². The second-order valence-electron chi connectivity index (χ2n) is 6.27. The number of carbonyl (C=O) groups is 1.